The highest BCUT2D eigenvalue weighted by atomic mass is 31.2. The van der Waals surface area contributed by atoms with Crippen molar-refractivity contribution in [3.63, 3.8) is 0 Å². The molecule has 0 saturated heterocycles. The maximum absolute atomic E-state index is 15.1. The number of hydrogen-bond donors (Lipinski definition) is 0. The van der Waals surface area contributed by atoms with Gasteiger partial charge in [-0.1, -0.05) is 200 Å². The molecule has 274 valence electrons. The van der Waals surface area contributed by atoms with Gasteiger partial charge in [0.25, 0.3) is 0 Å². The van der Waals surface area contributed by atoms with Crippen LogP contribution in [0.3, 0.4) is 0 Å². The molecule has 0 saturated carbocycles. The molecule has 0 aliphatic rings. The number of hydrogen-bond acceptors (Lipinski definition) is 5. The van der Waals surface area contributed by atoms with Crippen LogP contribution in [-0.2, 0) is 4.57 Å². The summed E-state index contributed by atoms with van der Waals surface area (Å²) in [6, 6.07) is 70.9. The van der Waals surface area contributed by atoms with E-state index in [0.717, 1.165) is 76.7 Å². The van der Waals surface area contributed by atoms with Crippen molar-refractivity contribution in [1.82, 2.24) is 19.9 Å². The maximum Gasteiger partial charge on any atom is 0.171 e. The molecule has 0 atom stereocenters. The van der Waals surface area contributed by atoms with Crippen molar-refractivity contribution in [3.8, 4) is 56.5 Å². The van der Waals surface area contributed by atoms with Crippen LogP contribution in [-0.4, -0.2) is 19.9 Å². The Kier molecular flexibility index (Phi) is 9.06. The summed E-state index contributed by atoms with van der Waals surface area (Å²) in [5, 5.41) is 5.65. The second kappa shape index (κ2) is 15.0. The predicted molar refractivity (Wildman–Crippen MR) is 239 cm³/mol. The highest BCUT2D eigenvalue weighted by Crippen LogP contribution is 2.43. The highest BCUT2D eigenvalue weighted by Gasteiger charge is 2.29. The average Bonchev–Trinajstić information content (AvgIpc) is 3.32. The number of aromatic nitrogens is 4. The fourth-order valence-electron chi connectivity index (χ4n) is 7.78. The summed E-state index contributed by atoms with van der Waals surface area (Å²) in [7, 11) is -3.15. The zero-order valence-corrected chi connectivity index (χ0v) is 32.2. The van der Waals surface area contributed by atoms with Crippen molar-refractivity contribution in [2.24, 2.45) is 0 Å². The molecular weight excluding hydrogens is 728 g/mol. The van der Waals surface area contributed by atoms with Gasteiger partial charge in [0.2, 0.25) is 0 Å². The lowest BCUT2D eigenvalue weighted by molar-refractivity contribution is 0.592. The van der Waals surface area contributed by atoms with Gasteiger partial charge in [-0.05, 0) is 23.3 Å². The first-order valence-corrected chi connectivity index (χ1v) is 21.0. The molecule has 10 aromatic rings. The molecule has 0 aliphatic heterocycles. The van der Waals surface area contributed by atoms with E-state index in [9.17, 15) is 0 Å². The van der Waals surface area contributed by atoms with Crippen LogP contribution in [0.25, 0.3) is 78.2 Å². The van der Waals surface area contributed by atoms with Gasteiger partial charge in [-0.25, -0.2) is 19.9 Å². The Morgan fingerprint density at radius 1 is 0.328 bits per heavy atom. The van der Waals surface area contributed by atoms with Gasteiger partial charge < -0.3 is 4.57 Å². The Bertz CT molecular complexity index is 3080. The van der Waals surface area contributed by atoms with Crippen LogP contribution in [0, 0.1) is 0 Å². The van der Waals surface area contributed by atoms with Crippen LogP contribution < -0.4 is 15.9 Å². The molecule has 0 N–H and O–H groups in total. The average molecular weight is 763 g/mol. The standard InChI is InChI=1S/C52H35N4OP/c57-58(41-23-9-3-10-24-41,42-25-11-4-12-26-42)43-33-31-38(32-34-43)51-54-50(37-19-7-2-8-20-37)55-52(56-51)40-22-15-21-39(35-40)44-28-16-29-46-48(44)45-27-13-14-30-47(45)53-49(46)36-17-5-1-6-18-36/h1-35H. The molecule has 2 aromatic heterocycles. The second-order valence-electron chi connectivity index (χ2n) is 14.2. The smallest absolute Gasteiger partial charge is 0.171 e. The van der Waals surface area contributed by atoms with E-state index in [2.05, 4.69) is 84.9 Å². The summed E-state index contributed by atoms with van der Waals surface area (Å²) < 4.78 is 15.1. The lowest BCUT2D eigenvalue weighted by Gasteiger charge is -2.20. The van der Waals surface area contributed by atoms with Gasteiger partial charge in [-0.15, -0.1) is 0 Å². The van der Waals surface area contributed by atoms with Gasteiger partial charge in [0.05, 0.1) is 11.2 Å². The lowest BCUT2D eigenvalue weighted by Crippen LogP contribution is -2.24. The third kappa shape index (κ3) is 6.38. The Labute approximate surface area is 336 Å². The van der Waals surface area contributed by atoms with E-state index >= 15 is 4.57 Å². The minimum Gasteiger partial charge on any atom is -0.309 e. The molecule has 0 fully saturated rings. The molecule has 0 amide bonds. The minimum absolute atomic E-state index is 0.532. The zero-order chi connectivity index (χ0) is 38.9. The van der Waals surface area contributed by atoms with Gasteiger partial charge in [0.1, 0.15) is 0 Å². The summed E-state index contributed by atoms with van der Waals surface area (Å²) in [6.07, 6.45) is 0. The van der Waals surface area contributed by atoms with Gasteiger partial charge in [-0.2, -0.15) is 0 Å². The van der Waals surface area contributed by atoms with E-state index in [1.165, 1.54) is 0 Å². The molecule has 2 heterocycles. The number of rotatable bonds is 8. The Morgan fingerprint density at radius 3 is 1.41 bits per heavy atom. The summed E-state index contributed by atoms with van der Waals surface area (Å²) in [5.74, 6) is 1.67. The largest absolute Gasteiger partial charge is 0.309 e. The fraction of sp³-hybridized carbons (Fsp3) is 0. The first-order chi connectivity index (χ1) is 28.6. The van der Waals surface area contributed by atoms with Crippen molar-refractivity contribution in [3.05, 3.63) is 212 Å². The molecule has 0 bridgehead atoms. The summed E-state index contributed by atoms with van der Waals surface area (Å²) in [5.41, 5.74) is 7.68. The number of para-hydroxylation sites is 1. The predicted octanol–water partition coefficient (Wildman–Crippen LogP) is 11.5. The van der Waals surface area contributed by atoms with Crippen molar-refractivity contribution in [2.45, 2.75) is 0 Å². The van der Waals surface area contributed by atoms with Crippen molar-refractivity contribution in [2.75, 3.05) is 0 Å². The van der Waals surface area contributed by atoms with E-state index in [0.29, 0.717) is 17.5 Å². The van der Waals surface area contributed by atoms with Gasteiger partial charge >= 0.3 is 0 Å². The van der Waals surface area contributed by atoms with E-state index in [4.69, 9.17) is 19.9 Å². The molecule has 0 aliphatic carbocycles. The lowest BCUT2D eigenvalue weighted by atomic mass is 9.92. The van der Waals surface area contributed by atoms with Crippen molar-refractivity contribution >= 4 is 44.7 Å². The molecular formula is C52H35N4OP. The molecule has 0 radical (unpaired) electrons. The van der Waals surface area contributed by atoms with Gasteiger partial charge in [0, 0.05) is 54.3 Å². The van der Waals surface area contributed by atoms with Crippen LogP contribution in [0.5, 0.6) is 0 Å². The van der Waals surface area contributed by atoms with Crippen LogP contribution in [0.2, 0.25) is 0 Å². The monoisotopic (exact) mass is 762 g/mol. The van der Waals surface area contributed by atoms with Crippen LogP contribution in [0.1, 0.15) is 0 Å². The molecule has 0 spiro atoms. The minimum atomic E-state index is -3.15. The molecule has 10 rings (SSSR count). The van der Waals surface area contributed by atoms with Crippen molar-refractivity contribution < 1.29 is 4.57 Å². The van der Waals surface area contributed by atoms with Gasteiger partial charge in [0.15, 0.2) is 24.6 Å². The van der Waals surface area contributed by atoms with E-state index in [-0.39, 0.29) is 0 Å². The Balaban J connectivity index is 1.11. The topological polar surface area (TPSA) is 68.6 Å². The molecule has 0 unspecified atom stereocenters. The highest BCUT2D eigenvalue weighted by molar-refractivity contribution is 7.85. The summed E-state index contributed by atoms with van der Waals surface area (Å²) in [6.45, 7) is 0. The Hall–Kier alpha value is -7.33. The van der Waals surface area contributed by atoms with E-state index in [1.807, 2.05) is 127 Å². The van der Waals surface area contributed by atoms with E-state index in [1.54, 1.807) is 0 Å². The van der Waals surface area contributed by atoms with Crippen molar-refractivity contribution in [1.29, 1.82) is 0 Å². The quantitative estimate of drug-likeness (QED) is 0.114. The number of pyridine rings is 1. The molecule has 58 heavy (non-hydrogen) atoms. The number of nitrogens with zero attached hydrogens (tertiary/aromatic N) is 4. The second-order valence-corrected chi connectivity index (χ2v) is 16.9. The van der Waals surface area contributed by atoms with Crippen LogP contribution >= 0.6 is 7.14 Å². The number of fused-ring (bicyclic) bond motifs is 3. The normalized spacial score (nSPS) is 11.5. The number of benzene rings is 8. The Morgan fingerprint density at radius 2 is 0.776 bits per heavy atom. The van der Waals surface area contributed by atoms with Gasteiger partial charge in [-0.3, -0.25) is 0 Å². The third-order valence-corrected chi connectivity index (χ3v) is 13.7. The molecule has 6 heteroatoms. The summed E-state index contributed by atoms with van der Waals surface area (Å²) in [4.78, 5) is 20.3. The summed E-state index contributed by atoms with van der Waals surface area (Å²) >= 11 is 0. The van der Waals surface area contributed by atoms with E-state index < -0.39 is 7.14 Å². The first-order valence-electron chi connectivity index (χ1n) is 19.2. The third-order valence-electron chi connectivity index (χ3n) is 10.6. The molecule has 8 aromatic carbocycles. The maximum atomic E-state index is 15.1. The molecule has 5 nitrogen and oxygen atoms in total. The van der Waals surface area contributed by atoms with Crippen LogP contribution in [0.15, 0.2) is 212 Å². The fourth-order valence-corrected chi connectivity index (χ4v) is 10.4. The SMILES string of the molecule is O=P(c1ccccc1)(c1ccccc1)c1ccc(-c2nc(-c3ccccc3)nc(-c3cccc(-c4cccc5c(-c6ccccc6)nc6ccccc6c45)c3)n2)cc1. The van der Waals surface area contributed by atoms with Crippen LogP contribution in [0.4, 0.5) is 0 Å². The zero-order valence-electron chi connectivity index (χ0n) is 31.4. The first kappa shape index (κ1) is 35.1.